The second-order valence-electron chi connectivity index (χ2n) is 12.3. The van der Waals surface area contributed by atoms with Crippen molar-refractivity contribution in [3.05, 3.63) is 176 Å². The number of ether oxygens (including phenoxy) is 2. The molecule has 0 fully saturated rings. The number of nitrogens with zero attached hydrogens (tertiary/aromatic N) is 5. The van der Waals surface area contributed by atoms with Gasteiger partial charge < -0.3 is 19.3 Å². The molecule has 10 rings (SSSR count). The number of hydrogen-bond donors (Lipinski definition) is 0. The zero-order valence-corrected chi connectivity index (χ0v) is 27.3. The Morgan fingerprint density at radius 1 is 0.353 bits per heavy atom. The quantitative estimate of drug-likeness (QED) is 0.183. The van der Waals surface area contributed by atoms with Crippen molar-refractivity contribution >= 4 is 34.1 Å². The highest BCUT2D eigenvalue weighted by molar-refractivity contribution is 5.88. The van der Waals surface area contributed by atoms with Crippen LogP contribution < -0.4 is 19.3 Å². The van der Waals surface area contributed by atoms with E-state index in [0.717, 1.165) is 79.8 Å². The van der Waals surface area contributed by atoms with E-state index in [4.69, 9.17) is 19.6 Å². The van der Waals surface area contributed by atoms with E-state index in [1.807, 2.05) is 108 Å². The van der Waals surface area contributed by atoms with E-state index in [1.54, 1.807) is 0 Å². The standard InChI is InChI=1S/C44H29N5O2/c1-2-12-30(13-3-1)43-45-44(31-22-24-32(25-23-31)47-35-14-4-8-18-39(35)50-40-19-9-5-15-36(40)47)49(46-43)34-28-26-33(27-29-34)48-37-16-6-10-20-41(37)51-42-21-11-7-17-38(42)48/h1-29H. The molecule has 2 aliphatic heterocycles. The Balaban J connectivity index is 1.05. The van der Waals surface area contributed by atoms with Crippen LogP contribution in [0.3, 0.4) is 0 Å². The molecule has 0 bridgehead atoms. The van der Waals surface area contributed by atoms with Gasteiger partial charge in [-0.1, -0.05) is 78.9 Å². The number of fused-ring (bicyclic) bond motifs is 4. The topological polar surface area (TPSA) is 55.7 Å². The first-order valence-electron chi connectivity index (χ1n) is 16.8. The van der Waals surface area contributed by atoms with Crippen LogP contribution in [0, 0.1) is 0 Å². The molecule has 1 aromatic heterocycles. The van der Waals surface area contributed by atoms with Crippen molar-refractivity contribution in [3.8, 4) is 51.5 Å². The molecule has 0 unspecified atom stereocenters. The highest BCUT2D eigenvalue weighted by Crippen LogP contribution is 2.51. The number of benzene rings is 7. The highest BCUT2D eigenvalue weighted by atomic mass is 16.5. The molecular weight excluding hydrogens is 631 g/mol. The maximum atomic E-state index is 6.24. The Morgan fingerprint density at radius 3 is 1.22 bits per heavy atom. The van der Waals surface area contributed by atoms with Crippen LogP contribution in [0.2, 0.25) is 0 Å². The van der Waals surface area contributed by atoms with Gasteiger partial charge in [-0.05, 0) is 97.1 Å². The van der Waals surface area contributed by atoms with Crippen molar-refractivity contribution in [3.63, 3.8) is 0 Å². The molecule has 242 valence electrons. The monoisotopic (exact) mass is 659 g/mol. The largest absolute Gasteiger partial charge is 0.453 e. The van der Waals surface area contributed by atoms with Crippen LogP contribution in [0.1, 0.15) is 0 Å². The van der Waals surface area contributed by atoms with Crippen molar-refractivity contribution in [1.82, 2.24) is 14.8 Å². The molecule has 7 heteroatoms. The average Bonchev–Trinajstić information content (AvgIpc) is 3.65. The Kier molecular flexibility index (Phi) is 6.67. The first-order valence-corrected chi connectivity index (χ1v) is 16.8. The number of aromatic nitrogens is 3. The molecule has 0 N–H and O–H groups in total. The molecule has 8 aromatic rings. The predicted molar refractivity (Wildman–Crippen MR) is 202 cm³/mol. The minimum absolute atomic E-state index is 0.658. The zero-order valence-electron chi connectivity index (χ0n) is 27.3. The number of anilines is 6. The lowest BCUT2D eigenvalue weighted by Gasteiger charge is -2.32. The molecule has 0 amide bonds. The van der Waals surface area contributed by atoms with Crippen LogP contribution in [-0.4, -0.2) is 14.8 Å². The van der Waals surface area contributed by atoms with Gasteiger partial charge in [-0.2, -0.15) is 0 Å². The number of hydrogen-bond acceptors (Lipinski definition) is 6. The summed E-state index contributed by atoms with van der Waals surface area (Å²) in [6.07, 6.45) is 0. The van der Waals surface area contributed by atoms with Gasteiger partial charge in [0.15, 0.2) is 34.6 Å². The van der Waals surface area contributed by atoms with Gasteiger partial charge in [0.05, 0.1) is 28.4 Å². The van der Waals surface area contributed by atoms with E-state index in [1.165, 1.54) is 0 Å². The Bertz CT molecular complexity index is 2300. The van der Waals surface area contributed by atoms with Gasteiger partial charge in [0, 0.05) is 22.5 Å². The van der Waals surface area contributed by atoms with Crippen LogP contribution in [0.15, 0.2) is 176 Å². The molecule has 0 atom stereocenters. The van der Waals surface area contributed by atoms with E-state index in [2.05, 4.69) is 82.6 Å². The molecule has 0 spiro atoms. The molecule has 0 saturated heterocycles. The fourth-order valence-corrected chi connectivity index (χ4v) is 6.86. The first kappa shape index (κ1) is 28.9. The molecule has 7 aromatic carbocycles. The van der Waals surface area contributed by atoms with E-state index in [0.29, 0.717) is 5.82 Å². The second-order valence-corrected chi connectivity index (χ2v) is 12.3. The lowest BCUT2D eigenvalue weighted by atomic mass is 10.1. The van der Waals surface area contributed by atoms with Gasteiger partial charge in [-0.3, -0.25) is 0 Å². The minimum Gasteiger partial charge on any atom is -0.453 e. The molecule has 0 radical (unpaired) electrons. The smallest absolute Gasteiger partial charge is 0.182 e. The van der Waals surface area contributed by atoms with Crippen LogP contribution in [0.4, 0.5) is 34.1 Å². The molecule has 2 aliphatic rings. The highest BCUT2D eigenvalue weighted by Gasteiger charge is 2.27. The number of rotatable bonds is 5. The summed E-state index contributed by atoms with van der Waals surface area (Å²) in [6.45, 7) is 0. The van der Waals surface area contributed by atoms with Crippen LogP contribution in [-0.2, 0) is 0 Å². The van der Waals surface area contributed by atoms with Crippen molar-refractivity contribution in [2.24, 2.45) is 0 Å². The molecular formula is C44H29N5O2. The summed E-state index contributed by atoms with van der Waals surface area (Å²) in [5.41, 5.74) is 8.79. The Hall–Kier alpha value is -7.12. The van der Waals surface area contributed by atoms with Gasteiger partial charge >= 0.3 is 0 Å². The second kappa shape index (κ2) is 11.8. The maximum Gasteiger partial charge on any atom is 0.182 e. The molecule has 51 heavy (non-hydrogen) atoms. The SMILES string of the molecule is c1ccc(-c2nc(-c3ccc(N4c5ccccc5Oc5ccccc54)cc3)n(-c3ccc(N4c5ccccc5Oc5ccccc54)cc3)n2)cc1. The summed E-state index contributed by atoms with van der Waals surface area (Å²) >= 11 is 0. The lowest BCUT2D eigenvalue weighted by Crippen LogP contribution is -2.15. The van der Waals surface area contributed by atoms with Gasteiger partial charge in [0.2, 0.25) is 0 Å². The molecule has 7 nitrogen and oxygen atoms in total. The molecule has 0 saturated carbocycles. The Morgan fingerprint density at radius 2 is 0.745 bits per heavy atom. The van der Waals surface area contributed by atoms with E-state index in [-0.39, 0.29) is 0 Å². The summed E-state index contributed by atoms with van der Waals surface area (Å²) in [5.74, 6) is 4.68. The summed E-state index contributed by atoms with van der Waals surface area (Å²) in [7, 11) is 0. The molecule has 3 heterocycles. The van der Waals surface area contributed by atoms with Crippen molar-refractivity contribution in [2.45, 2.75) is 0 Å². The third-order valence-corrected chi connectivity index (χ3v) is 9.24. The van der Waals surface area contributed by atoms with Crippen molar-refractivity contribution in [1.29, 1.82) is 0 Å². The van der Waals surface area contributed by atoms with Gasteiger partial charge in [0.1, 0.15) is 0 Å². The fraction of sp³-hybridized carbons (Fsp3) is 0. The van der Waals surface area contributed by atoms with Crippen molar-refractivity contribution < 1.29 is 9.47 Å². The van der Waals surface area contributed by atoms with Crippen LogP contribution in [0.25, 0.3) is 28.5 Å². The fourth-order valence-electron chi connectivity index (χ4n) is 6.86. The van der Waals surface area contributed by atoms with Crippen LogP contribution in [0.5, 0.6) is 23.0 Å². The normalized spacial score (nSPS) is 12.5. The zero-order chi connectivity index (χ0) is 33.7. The van der Waals surface area contributed by atoms with Crippen LogP contribution >= 0.6 is 0 Å². The average molecular weight is 660 g/mol. The van der Waals surface area contributed by atoms with E-state index < -0.39 is 0 Å². The Labute approximate surface area is 294 Å². The van der Waals surface area contributed by atoms with Crippen molar-refractivity contribution in [2.75, 3.05) is 9.80 Å². The number of para-hydroxylation sites is 8. The summed E-state index contributed by atoms with van der Waals surface area (Å²) in [5, 5.41) is 5.06. The van der Waals surface area contributed by atoms with Gasteiger partial charge in [0.25, 0.3) is 0 Å². The summed E-state index contributed by atoms with van der Waals surface area (Å²) in [6, 6.07) is 59.5. The lowest BCUT2D eigenvalue weighted by molar-refractivity contribution is 0.477. The van der Waals surface area contributed by atoms with Gasteiger partial charge in [-0.25, -0.2) is 9.67 Å². The van der Waals surface area contributed by atoms with Gasteiger partial charge in [-0.15, -0.1) is 5.10 Å². The van der Waals surface area contributed by atoms with E-state index in [9.17, 15) is 0 Å². The minimum atomic E-state index is 0.658. The molecule has 0 aliphatic carbocycles. The summed E-state index contributed by atoms with van der Waals surface area (Å²) in [4.78, 5) is 9.57. The predicted octanol–water partition coefficient (Wildman–Crippen LogP) is 11.8. The third-order valence-electron chi connectivity index (χ3n) is 9.24. The first-order chi connectivity index (χ1) is 25.3. The van der Waals surface area contributed by atoms with E-state index >= 15 is 0 Å². The maximum absolute atomic E-state index is 6.24. The summed E-state index contributed by atoms with van der Waals surface area (Å²) < 4.78 is 14.4. The third kappa shape index (κ3) is 4.90.